The van der Waals surface area contributed by atoms with E-state index in [1.165, 1.54) is 25.3 Å². The van der Waals surface area contributed by atoms with Gasteiger partial charge < -0.3 is 10.2 Å². The molecule has 1 unspecified atom stereocenters. The molecule has 0 aliphatic heterocycles. The number of likely N-dealkylation sites (N-methyl/N-ethyl adjacent to an activating group) is 1. The summed E-state index contributed by atoms with van der Waals surface area (Å²) in [6.07, 6.45) is 3.74. The molecule has 1 fully saturated rings. The van der Waals surface area contributed by atoms with Gasteiger partial charge in [-0.2, -0.15) is 0 Å². The topological polar surface area (TPSA) is 15.3 Å². The van der Waals surface area contributed by atoms with Gasteiger partial charge in [-0.3, -0.25) is 0 Å². The lowest BCUT2D eigenvalue weighted by Gasteiger charge is -2.48. The molecule has 2 rings (SSSR count). The molecule has 2 nitrogen and oxygen atoms in total. The highest BCUT2D eigenvalue weighted by Crippen LogP contribution is 2.36. The standard InChI is InChI=1S/C15H22BrFN2/c1-11(13-9-12(16)5-6-14(13)17)18-10-15(19(2)3)7-4-8-15/h5-6,9,11,18H,4,7-8,10H2,1-3H3. The average Bonchev–Trinajstić information content (AvgIpc) is 2.30. The summed E-state index contributed by atoms with van der Waals surface area (Å²) in [5, 5.41) is 3.49. The van der Waals surface area contributed by atoms with Gasteiger partial charge >= 0.3 is 0 Å². The first kappa shape index (κ1) is 14.9. The maximum absolute atomic E-state index is 13.8. The molecule has 0 saturated heterocycles. The van der Waals surface area contributed by atoms with Crippen LogP contribution in [-0.2, 0) is 0 Å². The summed E-state index contributed by atoms with van der Waals surface area (Å²) in [5.41, 5.74) is 0.985. The highest BCUT2D eigenvalue weighted by molar-refractivity contribution is 9.10. The van der Waals surface area contributed by atoms with Crippen LogP contribution in [0.15, 0.2) is 22.7 Å². The SMILES string of the molecule is CC(NCC1(N(C)C)CCC1)c1cc(Br)ccc1F. The van der Waals surface area contributed by atoms with Gasteiger partial charge in [0.05, 0.1) is 0 Å². The lowest BCUT2D eigenvalue weighted by atomic mass is 9.75. The van der Waals surface area contributed by atoms with E-state index in [1.54, 1.807) is 6.07 Å². The maximum atomic E-state index is 13.8. The van der Waals surface area contributed by atoms with Gasteiger partial charge in [-0.05, 0) is 58.5 Å². The van der Waals surface area contributed by atoms with Crippen LogP contribution >= 0.6 is 15.9 Å². The Hall–Kier alpha value is -0.450. The fraction of sp³-hybridized carbons (Fsp3) is 0.600. The normalized spacial score (nSPS) is 19.3. The Morgan fingerprint density at radius 1 is 1.42 bits per heavy atom. The number of nitrogens with zero attached hydrogens (tertiary/aromatic N) is 1. The summed E-state index contributed by atoms with van der Waals surface area (Å²) in [6.45, 7) is 2.93. The van der Waals surface area contributed by atoms with Gasteiger partial charge in [0, 0.05) is 28.2 Å². The second-order valence-electron chi connectivity index (χ2n) is 5.74. The highest BCUT2D eigenvalue weighted by Gasteiger charge is 2.38. The Morgan fingerprint density at radius 3 is 2.63 bits per heavy atom. The van der Waals surface area contributed by atoms with Crippen molar-refractivity contribution in [2.24, 2.45) is 0 Å². The molecule has 0 bridgehead atoms. The Balaban J connectivity index is 2.01. The van der Waals surface area contributed by atoms with Crippen molar-refractivity contribution in [3.8, 4) is 0 Å². The molecule has 1 aliphatic rings. The van der Waals surface area contributed by atoms with E-state index in [-0.39, 0.29) is 17.4 Å². The number of halogens is 2. The molecule has 4 heteroatoms. The average molecular weight is 329 g/mol. The molecule has 1 N–H and O–H groups in total. The number of hydrogen-bond donors (Lipinski definition) is 1. The van der Waals surface area contributed by atoms with Crippen LogP contribution in [-0.4, -0.2) is 31.1 Å². The van der Waals surface area contributed by atoms with Crippen LogP contribution in [0.4, 0.5) is 4.39 Å². The lowest BCUT2D eigenvalue weighted by molar-refractivity contribution is 0.0575. The van der Waals surface area contributed by atoms with Crippen LogP contribution in [0.1, 0.15) is 37.8 Å². The molecule has 0 heterocycles. The molecule has 1 atom stereocenters. The minimum atomic E-state index is -0.143. The summed E-state index contributed by atoms with van der Waals surface area (Å²) in [7, 11) is 4.26. The maximum Gasteiger partial charge on any atom is 0.128 e. The first-order valence-corrected chi connectivity index (χ1v) is 7.60. The fourth-order valence-electron chi connectivity index (χ4n) is 2.67. The van der Waals surface area contributed by atoms with Crippen LogP contribution < -0.4 is 5.32 Å². The largest absolute Gasteiger partial charge is 0.308 e. The Kier molecular flexibility index (Phi) is 4.64. The fourth-order valence-corrected chi connectivity index (χ4v) is 3.05. The van der Waals surface area contributed by atoms with E-state index >= 15 is 0 Å². The van der Waals surface area contributed by atoms with Crippen LogP contribution in [0.3, 0.4) is 0 Å². The Bertz CT molecular complexity index is 444. The quantitative estimate of drug-likeness (QED) is 0.886. The van der Waals surface area contributed by atoms with Gasteiger partial charge in [-0.15, -0.1) is 0 Å². The van der Waals surface area contributed by atoms with Crippen molar-refractivity contribution < 1.29 is 4.39 Å². The van der Waals surface area contributed by atoms with E-state index in [0.29, 0.717) is 0 Å². The van der Waals surface area contributed by atoms with Crippen LogP contribution in [0, 0.1) is 5.82 Å². The molecule has 106 valence electrons. The van der Waals surface area contributed by atoms with Gasteiger partial charge in [0.25, 0.3) is 0 Å². The van der Waals surface area contributed by atoms with Gasteiger partial charge in [-0.1, -0.05) is 15.9 Å². The summed E-state index contributed by atoms with van der Waals surface area (Å²) in [5.74, 6) is -0.143. The predicted octanol–water partition coefficient (Wildman–Crippen LogP) is 3.72. The summed E-state index contributed by atoms with van der Waals surface area (Å²) < 4.78 is 14.7. The minimum absolute atomic E-state index is 0.0231. The molecular formula is C15H22BrFN2. The second-order valence-corrected chi connectivity index (χ2v) is 6.66. The molecule has 0 aromatic heterocycles. The van der Waals surface area contributed by atoms with Gasteiger partial charge in [-0.25, -0.2) is 4.39 Å². The third kappa shape index (κ3) is 3.18. The molecule has 0 spiro atoms. The summed E-state index contributed by atoms with van der Waals surface area (Å²) >= 11 is 3.40. The number of nitrogens with one attached hydrogen (secondary N) is 1. The number of rotatable bonds is 5. The summed E-state index contributed by atoms with van der Waals surface area (Å²) in [6, 6.07) is 5.13. The van der Waals surface area contributed by atoms with Crippen molar-refractivity contribution in [2.75, 3.05) is 20.6 Å². The minimum Gasteiger partial charge on any atom is -0.308 e. The van der Waals surface area contributed by atoms with Crippen LogP contribution in [0.25, 0.3) is 0 Å². The van der Waals surface area contributed by atoms with Crippen LogP contribution in [0.5, 0.6) is 0 Å². The second kappa shape index (κ2) is 5.90. The van der Waals surface area contributed by atoms with Crippen molar-refractivity contribution in [3.05, 3.63) is 34.1 Å². The molecule has 19 heavy (non-hydrogen) atoms. The van der Waals surface area contributed by atoms with E-state index in [1.807, 2.05) is 13.0 Å². The van der Waals surface area contributed by atoms with Crippen molar-refractivity contribution in [3.63, 3.8) is 0 Å². The Morgan fingerprint density at radius 2 is 2.11 bits per heavy atom. The smallest absolute Gasteiger partial charge is 0.128 e. The van der Waals surface area contributed by atoms with Crippen molar-refractivity contribution >= 4 is 15.9 Å². The highest BCUT2D eigenvalue weighted by atomic mass is 79.9. The summed E-state index contributed by atoms with van der Waals surface area (Å²) in [4.78, 5) is 2.30. The van der Waals surface area contributed by atoms with Gasteiger partial charge in [0.15, 0.2) is 0 Å². The molecule has 1 aliphatic carbocycles. The van der Waals surface area contributed by atoms with E-state index in [9.17, 15) is 4.39 Å². The van der Waals surface area contributed by atoms with E-state index in [2.05, 4.69) is 40.2 Å². The predicted molar refractivity (Wildman–Crippen MR) is 80.8 cm³/mol. The van der Waals surface area contributed by atoms with Gasteiger partial charge in [0.2, 0.25) is 0 Å². The molecule has 0 amide bonds. The molecular weight excluding hydrogens is 307 g/mol. The lowest BCUT2D eigenvalue weighted by Crippen LogP contribution is -2.56. The zero-order valence-corrected chi connectivity index (χ0v) is 13.4. The monoisotopic (exact) mass is 328 g/mol. The third-order valence-corrected chi connectivity index (χ3v) is 4.89. The Labute approximate surface area is 123 Å². The number of benzene rings is 1. The van der Waals surface area contributed by atoms with E-state index < -0.39 is 0 Å². The molecule has 0 radical (unpaired) electrons. The first-order chi connectivity index (χ1) is 8.94. The van der Waals surface area contributed by atoms with Crippen molar-refractivity contribution in [2.45, 2.75) is 37.8 Å². The molecule has 1 aromatic carbocycles. The van der Waals surface area contributed by atoms with E-state index in [0.717, 1.165) is 16.6 Å². The zero-order valence-electron chi connectivity index (χ0n) is 11.8. The molecule has 1 aromatic rings. The molecule has 1 saturated carbocycles. The van der Waals surface area contributed by atoms with Crippen LogP contribution in [0.2, 0.25) is 0 Å². The van der Waals surface area contributed by atoms with Gasteiger partial charge in [0.1, 0.15) is 5.82 Å². The number of hydrogen-bond acceptors (Lipinski definition) is 2. The zero-order chi connectivity index (χ0) is 14.0. The van der Waals surface area contributed by atoms with E-state index in [4.69, 9.17) is 0 Å². The third-order valence-electron chi connectivity index (χ3n) is 4.39. The van der Waals surface area contributed by atoms with Crippen molar-refractivity contribution in [1.29, 1.82) is 0 Å². The van der Waals surface area contributed by atoms with Crippen molar-refractivity contribution in [1.82, 2.24) is 10.2 Å². The first-order valence-electron chi connectivity index (χ1n) is 6.80.